The van der Waals surface area contributed by atoms with Crippen molar-refractivity contribution in [2.45, 2.75) is 18.9 Å². The van der Waals surface area contributed by atoms with Crippen molar-refractivity contribution in [3.8, 4) is 5.75 Å². The van der Waals surface area contributed by atoms with Crippen LogP contribution < -0.4 is 10.1 Å². The van der Waals surface area contributed by atoms with E-state index in [4.69, 9.17) is 4.74 Å². The number of nitrogens with one attached hydrogen (secondary N) is 1. The molecule has 1 aromatic heterocycles. The third kappa shape index (κ3) is 2.94. The number of thiophene rings is 1. The number of carbonyl (C=O) groups excluding carboxylic acids is 1. The van der Waals surface area contributed by atoms with Crippen molar-refractivity contribution < 1.29 is 14.6 Å². The minimum Gasteiger partial charge on any atom is -0.493 e. The number of rotatable bonds is 4. The van der Waals surface area contributed by atoms with Gasteiger partial charge in [0, 0.05) is 12.0 Å². The Morgan fingerprint density at radius 2 is 2.33 bits per heavy atom. The Morgan fingerprint density at radius 1 is 1.48 bits per heavy atom. The highest BCUT2D eigenvalue weighted by Gasteiger charge is 2.24. The second kappa shape index (κ2) is 5.50. The number of benzene rings is 1. The van der Waals surface area contributed by atoms with E-state index in [1.807, 2.05) is 29.0 Å². The molecule has 2 heterocycles. The van der Waals surface area contributed by atoms with Crippen LogP contribution in [0.25, 0.3) is 0 Å². The molecule has 0 fully saturated rings. The Morgan fingerprint density at radius 3 is 3.10 bits per heavy atom. The molecule has 5 heteroatoms. The molecule has 4 nitrogen and oxygen atoms in total. The van der Waals surface area contributed by atoms with Gasteiger partial charge in [0.15, 0.2) is 0 Å². The molecule has 0 saturated heterocycles. The molecule has 1 aromatic carbocycles. The molecule has 0 spiro atoms. The van der Waals surface area contributed by atoms with Crippen LogP contribution in [0, 0.1) is 0 Å². The maximum absolute atomic E-state index is 12.2. The summed E-state index contributed by atoms with van der Waals surface area (Å²) >= 11 is 1.52. The molecule has 0 radical (unpaired) electrons. The van der Waals surface area contributed by atoms with Gasteiger partial charge in [-0.05, 0) is 53.1 Å². The van der Waals surface area contributed by atoms with Crippen molar-refractivity contribution in [2.24, 2.45) is 0 Å². The lowest BCUT2D eigenvalue weighted by atomic mass is 9.99. The first kappa shape index (κ1) is 14.1. The Balaban J connectivity index is 1.67. The Labute approximate surface area is 127 Å². The molecule has 0 saturated carbocycles. The average Bonchev–Trinajstić information content (AvgIpc) is 3.14. The van der Waals surface area contributed by atoms with Crippen molar-refractivity contribution in [1.82, 2.24) is 5.32 Å². The van der Waals surface area contributed by atoms with Crippen LogP contribution in [0.1, 0.15) is 28.4 Å². The fourth-order valence-electron chi connectivity index (χ4n) is 2.36. The molecule has 0 aliphatic carbocycles. The molecule has 21 heavy (non-hydrogen) atoms. The Bertz CT molecular complexity index is 650. The SMILES string of the molecule is CC(O)(CNC(=O)c1ccc2c(c1)CCO2)c1ccsc1. The summed E-state index contributed by atoms with van der Waals surface area (Å²) in [5.41, 5.74) is 1.41. The fraction of sp³-hybridized carbons (Fsp3) is 0.312. The van der Waals surface area contributed by atoms with Gasteiger partial charge in [0.2, 0.25) is 0 Å². The summed E-state index contributed by atoms with van der Waals surface area (Å²) in [7, 11) is 0. The van der Waals surface area contributed by atoms with Gasteiger partial charge in [0.25, 0.3) is 5.91 Å². The van der Waals surface area contributed by atoms with E-state index in [0.717, 1.165) is 23.3 Å². The summed E-state index contributed by atoms with van der Waals surface area (Å²) in [5, 5.41) is 17.0. The van der Waals surface area contributed by atoms with Crippen LogP contribution in [-0.2, 0) is 12.0 Å². The van der Waals surface area contributed by atoms with Crippen LogP contribution in [0.5, 0.6) is 5.75 Å². The molecule has 2 N–H and O–H groups in total. The van der Waals surface area contributed by atoms with Gasteiger partial charge in [-0.1, -0.05) is 0 Å². The van der Waals surface area contributed by atoms with Gasteiger partial charge >= 0.3 is 0 Å². The quantitative estimate of drug-likeness (QED) is 0.911. The number of amides is 1. The minimum absolute atomic E-state index is 0.177. The van der Waals surface area contributed by atoms with Gasteiger partial charge in [-0.3, -0.25) is 4.79 Å². The molecular weight excluding hydrogens is 286 g/mol. The van der Waals surface area contributed by atoms with Crippen LogP contribution in [0.3, 0.4) is 0 Å². The zero-order valence-electron chi connectivity index (χ0n) is 11.8. The molecule has 1 amide bonds. The van der Waals surface area contributed by atoms with E-state index in [1.165, 1.54) is 11.3 Å². The zero-order chi connectivity index (χ0) is 14.9. The molecule has 1 atom stereocenters. The van der Waals surface area contributed by atoms with Crippen molar-refractivity contribution in [2.75, 3.05) is 13.2 Å². The largest absolute Gasteiger partial charge is 0.493 e. The standard InChI is InChI=1S/C16H17NO3S/c1-16(19,13-5-7-21-9-13)10-17-15(18)12-2-3-14-11(8-12)4-6-20-14/h2-3,5,7-9,19H,4,6,10H2,1H3,(H,17,18). The lowest BCUT2D eigenvalue weighted by Crippen LogP contribution is -2.38. The average molecular weight is 303 g/mol. The van der Waals surface area contributed by atoms with Gasteiger partial charge in [0.1, 0.15) is 11.4 Å². The second-order valence-electron chi connectivity index (χ2n) is 5.39. The zero-order valence-corrected chi connectivity index (χ0v) is 12.6. The minimum atomic E-state index is -1.06. The normalized spacial score (nSPS) is 15.9. The van der Waals surface area contributed by atoms with Crippen molar-refractivity contribution in [3.63, 3.8) is 0 Å². The molecule has 3 rings (SSSR count). The van der Waals surface area contributed by atoms with Crippen LogP contribution in [0.15, 0.2) is 35.0 Å². The molecule has 110 valence electrons. The molecule has 1 aliphatic heterocycles. The maximum Gasteiger partial charge on any atom is 0.251 e. The summed E-state index contributed by atoms with van der Waals surface area (Å²) in [6.07, 6.45) is 0.836. The smallest absolute Gasteiger partial charge is 0.251 e. The molecule has 0 bridgehead atoms. The third-order valence-electron chi connectivity index (χ3n) is 3.69. The van der Waals surface area contributed by atoms with E-state index >= 15 is 0 Å². The first-order valence-electron chi connectivity index (χ1n) is 6.85. The van der Waals surface area contributed by atoms with Crippen LogP contribution in [-0.4, -0.2) is 24.2 Å². The van der Waals surface area contributed by atoms with Crippen LogP contribution >= 0.6 is 11.3 Å². The number of hydrogen-bond acceptors (Lipinski definition) is 4. The van der Waals surface area contributed by atoms with Gasteiger partial charge in [-0.2, -0.15) is 11.3 Å². The number of fused-ring (bicyclic) bond motifs is 1. The lowest BCUT2D eigenvalue weighted by molar-refractivity contribution is 0.0530. The predicted octanol–water partition coefficient (Wildman–Crippen LogP) is 2.32. The summed E-state index contributed by atoms with van der Waals surface area (Å²) in [6, 6.07) is 7.30. The highest BCUT2D eigenvalue weighted by molar-refractivity contribution is 7.08. The van der Waals surface area contributed by atoms with E-state index in [9.17, 15) is 9.90 Å². The second-order valence-corrected chi connectivity index (χ2v) is 6.17. The first-order valence-corrected chi connectivity index (χ1v) is 7.79. The van der Waals surface area contributed by atoms with Crippen LogP contribution in [0.4, 0.5) is 0 Å². The molecular formula is C16H17NO3S. The molecule has 2 aromatic rings. The fourth-order valence-corrected chi connectivity index (χ4v) is 3.14. The van der Waals surface area contributed by atoms with Crippen molar-refractivity contribution in [3.05, 3.63) is 51.7 Å². The van der Waals surface area contributed by atoms with Crippen molar-refractivity contribution >= 4 is 17.2 Å². The van der Waals surface area contributed by atoms with E-state index < -0.39 is 5.60 Å². The van der Waals surface area contributed by atoms with Gasteiger partial charge < -0.3 is 15.2 Å². The Kier molecular flexibility index (Phi) is 3.69. The number of hydrogen-bond donors (Lipinski definition) is 2. The first-order chi connectivity index (χ1) is 10.1. The van der Waals surface area contributed by atoms with E-state index in [1.54, 1.807) is 13.0 Å². The van der Waals surface area contributed by atoms with Gasteiger partial charge in [-0.25, -0.2) is 0 Å². The number of aliphatic hydroxyl groups is 1. The number of carbonyl (C=O) groups is 1. The van der Waals surface area contributed by atoms with Crippen LogP contribution in [0.2, 0.25) is 0 Å². The summed E-state index contributed by atoms with van der Waals surface area (Å²) in [6.45, 7) is 2.55. The topological polar surface area (TPSA) is 58.6 Å². The molecule has 1 unspecified atom stereocenters. The third-order valence-corrected chi connectivity index (χ3v) is 4.37. The van der Waals surface area contributed by atoms with E-state index in [-0.39, 0.29) is 12.5 Å². The highest BCUT2D eigenvalue weighted by atomic mass is 32.1. The van der Waals surface area contributed by atoms with Crippen molar-refractivity contribution in [1.29, 1.82) is 0 Å². The Hall–Kier alpha value is -1.85. The summed E-state index contributed by atoms with van der Waals surface area (Å²) < 4.78 is 5.43. The van der Waals surface area contributed by atoms with E-state index in [2.05, 4.69) is 5.32 Å². The monoisotopic (exact) mass is 303 g/mol. The summed E-state index contributed by atoms with van der Waals surface area (Å²) in [4.78, 5) is 12.2. The molecule has 1 aliphatic rings. The summed E-state index contributed by atoms with van der Waals surface area (Å²) in [5.74, 6) is 0.678. The van der Waals surface area contributed by atoms with E-state index in [0.29, 0.717) is 12.2 Å². The highest BCUT2D eigenvalue weighted by Crippen LogP contribution is 2.26. The maximum atomic E-state index is 12.2. The van der Waals surface area contributed by atoms with Gasteiger partial charge in [0.05, 0.1) is 13.2 Å². The number of ether oxygens (including phenoxy) is 1. The lowest BCUT2D eigenvalue weighted by Gasteiger charge is -2.22. The van der Waals surface area contributed by atoms with Gasteiger partial charge in [-0.15, -0.1) is 0 Å². The predicted molar refractivity (Wildman–Crippen MR) is 81.9 cm³/mol.